The highest BCUT2D eigenvalue weighted by molar-refractivity contribution is 7.80. The molecule has 0 bridgehead atoms. The highest BCUT2D eigenvalue weighted by Crippen LogP contribution is 2.30. The molecule has 1 amide bonds. The average Bonchev–Trinajstić information content (AvgIpc) is 2.89. The number of para-hydroxylation sites is 1. The van der Waals surface area contributed by atoms with Crippen molar-refractivity contribution in [3.8, 4) is 11.5 Å². The lowest BCUT2D eigenvalue weighted by Crippen LogP contribution is -2.48. The first kappa shape index (κ1) is 26.0. The fourth-order valence-electron chi connectivity index (χ4n) is 3.88. The van der Waals surface area contributed by atoms with Crippen LogP contribution >= 0.6 is 35.4 Å². The predicted octanol–water partition coefficient (Wildman–Crippen LogP) is 5.66. The summed E-state index contributed by atoms with van der Waals surface area (Å²) in [4.78, 5) is 17.1. The Morgan fingerprint density at radius 3 is 2.47 bits per heavy atom. The molecular weight excluding hydrogens is 524 g/mol. The van der Waals surface area contributed by atoms with Crippen LogP contribution in [-0.2, 0) is 4.79 Å². The lowest BCUT2D eigenvalue weighted by atomic mass is 10.1. The molecule has 10 heteroatoms. The summed E-state index contributed by atoms with van der Waals surface area (Å²) in [5, 5.41) is 3.50. The molecule has 0 aliphatic carbocycles. The molecule has 1 heterocycles. The molecule has 4 rings (SSSR count). The summed E-state index contributed by atoms with van der Waals surface area (Å²) < 4.78 is 25.3. The molecule has 0 saturated carbocycles. The molecule has 0 radical (unpaired) electrons. The smallest absolute Gasteiger partial charge is 0.262 e. The van der Waals surface area contributed by atoms with Gasteiger partial charge in [-0.25, -0.2) is 4.39 Å². The van der Waals surface area contributed by atoms with E-state index in [1.54, 1.807) is 42.5 Å². The molecule has 1 aliphatic rings. The molecule has 188 valence electrons. The van der Waals surface area contributed by atoms with Crippen LogP contribution < -0.4 is 19.7 Å². The Labute approximate surface area is 224 Å². The molecule has 3 aromatic rings. The molecule has 3 aromatic carbocycles. The van der Waals surface area contributed by atoms with E-state index < -0.39 is 0 Å². The van der Waals surface area contributed by atoms with Crippen molar-refractivity contribution in [2.75, 3.05) is 50.1 Å². The molecule has 6 nitrogen and oxygen atoms in total. The van der Waals surface area contributed by atoms with Crippen LogP contribution in [-0.4, -0.2) is 55.7 Å². The highest BCUT2D eigenvalue weighted by atomic mass is 35.5. The zero-order valence-corrected chi connectivity index (χ0v) is 21.8. The maximum absolute atomic E-state index is 14.1. The minimum Gasteiger partial charge on any atom is -0.493 e. The summed E-state index contributed by atoms with van der Waals surface area (Å²) in [5.74, 6) is 0.260. The minimum absolute atomic E-state index is 0.223. The first-order valence-electron chi connectivity index (χ1n) is 11.2. The van der Waals surface area contributed by atoms with Crippen molar-refractivity contribution >= 4 is 57.7 Å². The first-order chi connectivity index (χ1) is 17.4. The number of benzene rings is 3. The van der Waals surface area contributed by atoms with Gasteiger partial charge in [-0.15, -0.1) is 0 Å². The van der Waals surface area contributed by atoms with Gasteiger partial charge < -0.3 is 24.6 Å². The fourth-order valence-corrected chi connectivity index (χ4v) is 4.65. The Balaban J connectivity index is 1.35. The molecule has 1 fully saturated rings. The zero-order chi connectivity index (χ0) is 25.7. The third-order valence-electron chi connectivity index (χ3n) is 5.73. The number of carbonyl (C=O) groups excluding carboxylic acids is 1. The second-order valence-corrected chi connectivity index (χ2v) is 9.29. The molecule has 1 aliphatic heterocycles. The third kappa shape index (κ3) is 6.19. The predicted molar refractivity (Wildman–Crippen MR) is 145 cm³/mol. The monoisotopic (exact) mass is 547 g/mol. The fraction of sp³-hybridized carbons (Fsp3) is 0.231. The van der Waals surface area contributed by atoms with Gasteiger partial charge in [-0.05, 0) is 48.5 Å². The summed E-state index contributed by atoms with van der Waals surface area (Å²) in [6.45, 7) is 2.41. The van der Waals surface area contributed by atoms with Crippen LogP contribution in [0, 0.1) is 5.82 Å². The lowest BCUT2D eigenvalue weighted by Gasteiger charge is -2.37. The van der Waals surface area contributed by atoms with E-state index >= 15 is 0 Å². The SMILES string of the molecule is COc1cc(C(=S)N2CCN(c3ccccc3F)CC2)ccc1OCC(=O)Nc1ccc(Cl)cc1Cl. The van der Waals surface area contributed by atoms with E-state index in [2.05, 4.69) is 10.2 Å². The van der Waals surface area contributed by atoms with Crippen molar-refractivity contribution in [1.29, 1.82) is 0 Å². The van der Waals surface area contributed by atoms with Crippen molar-refractivity contribution in [2.45, 2.75) is 0 Å². The molecule has 1 N–H and O–H groups in total. The quantitative estimate of drug-likeness (QED) is 0.385. The van der Waals surface area contributed by atoms with Gasteiger partial charge >= 0.3 is 0 Å². The summed E-state index contributed by atoms with van der Waals surface area (Å²) in [6.07, 6.45) is 0. The average molecular weight is 548 g/mol. The number of nitrogens with one attached hydrogen (secondary N) is 1. The van der Waals surface area contributed by atoms with E-state index in [9.17, 15) is 9.18 Å². The topological polar surface area (TPSA) is 54.0 Å². The van der Waals surface area contributed by atoms with Crippen molar-refractivity contribution in [3.63, 3.8) is 0 Å². The van der Waals surface area contributed by atoms with Crippen LogP contribution in [0.25, 0.3) is 0 Å². The summed E-state index contributed by atoms with van der Waals surface area (Å²) >= 11 is 17.7. The number of hydrogen-bond acceptors (Lipinski definition) is 5. The van der Waals surface area contributed by atoms with Crippen molar-refractivity contribution < 1.29 is 18.7 Å². The van der Waals surface area contributed by atoms with Gasteiger partial charge in [0.25, 0.3) is 5.91 Å². The number of methoxy groups -OCH3 is 1. The lowest BCUT2D eigenvalue weighted by molar-refractivity contribution is -0.118. The second kappa shape index (κ2) is 11.8. The number of carbonyl (C=O) groups is 1. The van der Waals surface area contributed by atoms with Crippen LogP contribution in [0.3, 0.4) is 0 Å². The molecule has 0 spiro atoms. The van der Waals surface area contributed by atoms with Crippen LogP contribution in [0.5, 0.6) is 11.5 Å². The van der Waals surface area contributed by atoms with Crippen molar-refractivity contribution in [1.82, 2.24) is 4.90 Å². The Morgan fingerprint density at radius 1 is 1.03 bits per heavy atom. The normalized spacial score (nSPS) is 13.3. The number of halogens is 3. The number of thiocarbonyl (C=S) groups is 1. The third-order valence-corrected chi connectivity index (χ3v) is 6.78. The number of piperazine rings is 1. The standard InChI is InChI=1S/C26H24Cl2FN3O3S/c1-34-24-14-17(26(36)32-12-10-31(11-13-32)22-5-3-2-4-20(22)29)6-9-23(24)35-16-25(33)30-21-8-7-18(27)15-19(21)28/h2-9,14-15H,10-13,16H2,1H3,(H,30,33). The number of amides is 1. The molecule has 0 unspecified atom stereocenters. The summed E-state index contributed by atoms with van der Waals surface area (Å²) in [5.41, 5.74) is 1.84. The van der Waals surface area contributed by atoms with E-state index in [4.69, 9.17) is 44.9 Å². The van der Waals surface area contributed by atoms with Crippen LogP contribution in [0.2, 0.25) is 10.0 Å². The number of nitrogens with zero attached hydrogens (tertiary/aromatic N) is 2. The molecule has 1 saturated heterocycles. The summed E-state index contributed by atoms with van der Waals surface area (Å²) in [7, 11) is 1.52. The maximum atomic E-state index is 14.1. The Kier molecular flexibility index (Phi) is 8.51. The van der Waals surface area contributed by atoms with E-state index in [1.807, 2.05) is 17.0 Å². The van der Waals surface area contributed by atoms with Gasteiger partial charge in [0.15, 0.2) is 18.1 Å². The van der Waals surface area contributed by atoms with E-state index in [1.165, 1.54) is 13.2 Å². The molecular formula is C26H24Cl2FN3O3S. The van der Waals surface area contributed by atoms with Gasteiger partial charge in [0.1, 0.15) is 10.8 Å². The number of rotatable bonds is 7. The zero-order valence-electron chi connectivity index (χ0n) is 19.5. The van der Waals surface area contributed by atoms with E-state index in [0.29, 0.717) is 64.1 Å². The van der Waals surface area contributed by atoms with Crippen LogP contribution in [0.4, 0.5) is 15.8 Å². The largest absolute Gasteiger partial charge is 0.493 e. The van der Waals surface area contributed by atoms with Gasteiger partial charge in [0, 0.05) is 36.8 Å². The van der Waals surface area contributed by atoms with Gasteiger partial charge in [-0.2, -0.15) is 0 Å². The van der Waals surface area contributed by atoms with Crippen LogP contribution in [0.15, 0.2) is 60.7 Å². The van der Waals surface area contributed by atoms with Gasteiger partial charge in [0.05, 0.1) is 23.5 Å². The second-order valence-electron chi connectivity index (χ2n) is 8.06. The van der Waals surface area contributed by atoms with Gasteiger partial charge in [0.2, 0.25) is 0 Å². The van der Waals surface area contributed by atoms with E-state index in [-0.39, 0.29) is 18.3 Å². The number of hydrogen-bond donors (Lipinski definition) is 1. The number of anilines is 2. The minimum atomic E-state index is -0.381. The molecule has 0 aromatic heterocycles. The van der Waals surface area contributed by atoms with E-state index in [0.717, 1.165) is 5.56 Å². The highest BCUT2D eigenvalue weighted by Gasteiger charge is 2.22. The van der Waals surface area contributed by atoms with Gasteiger partial charge in [-0.3, -0.25) is 4.79 Å². The van der Waals surface area contributed by atoms with Gasteiger partial charge in [-0.1, -0.05) is 47.6 Å². The Bertz CT molecular complexity index is 1270. The first-order valence-corrected chi connectivity index (χ1v) is 12.4. The maximum Gasteiger partial charge on any atom is 0.262 e. The van der Waals surface area contributed by atoms with Crippen molar-refractivity contribution in [3.05, 3.63) is 82.1 Å². The van der Waals surface area contributed by atoms with Crippen LogP contribution in [0.1, 0.15) is 5.56 Å². The van der Waals surface area contributed by atoms with Crippen molar-refractivity contribution in [2.24, 2.45) is 0 Å². The summed E-state index contributed by atoms with van der Waals surface area (Å²) in [6, 6.07) is 16.9. The molecule has 0 atom stereocenters. The Hall–Kier alpha value is -3.07. The number of ether oxygens (including phenoxy) is 2. The Morgan fingerprint density at radius 2 is 1.78 bits per heavy atom. The molecule has 36 heavy (non-hydrogen) atoms.